The highest BCUT2D eigenvalue weighted by atomic mass is 16.4. The summed E-state index contributed by atoms with van der Waals surface area (Å²) in [5, 5.41) is 19.9. The third kappa shape index (κ3) is 1.48. The van der Waals surface area contributed by atoms with Crippen LogP contribution in [-0.2, 0) is 4.79 Å². The normalized spacial score (nSPS) is 25.6. The average Bonchev–Trinajstić information content (AvgIpc) is 1.88. The van der Waals surface area contributed by atoms with E-state index >= 15 is 0 Å². The Morgan fingerprint density at radius 3 is 2.90 bits per heavy atom. The average molecular weight is 143 g/mol. The number of aliphatic carboxylic acids is 1. The molecule has 0 aromatic carbocycles. The quantitative estimate of drug-likeness (QED) is 0.478. The molecule has 56 valence electrons. The van der Waals surface area contributed by atoms with Crippen LogP contribution in [0.25, 0.3) is 0 Å². The van der Waals surface area contributed by atoms with E-state index < -0.39 is 12.0 Å². The topological polar surface area (TPSA) is 69.6 Å². The molecule has 0 spiro atoms. The molecule has 10 heavy (non-hydrogen) atoms. The molecule has 0 aromatic rings. The predicted molar refractivity (Wildman–Crippen MR) is 34.8 cm³/mol. The van der Waals surface area contributed by atoms with E-state index in [4.69, 9.17) is 10.2 Å². The van der Waals surface area contributed by atoms with Gasteiger partial charge in [0.2, 0.25) is 0 Å². The second-order valence-corrected chi connectivity index (χ2v) is 2.20. The van der Waals surface area contributed by atoms with Gasteiger partial charge in [0.05, 0.1) is 6.54 Å². The summed E-state index contributed by atoms with van der Waals surface area (Å²) in [6.07, 6.45) is 1.89. The van der Waals surface area contributed by atoms with Crippen LogP contribution < -0.4 is 5.32 Å². The molecule has 0 aliphatic carbocycles. The van der Waals surface area contributed by atoms with Crippen molar-refractivity contribution in [3.63, 3.8) is 0 Å². The fourth-order valence-corrected chi connectivity index (χ4v) is 0.825. The van der Waals surface area contributed by atoms with Gasteiger partial charge in [0, 0.05) is 0 Å². The second kappa shape index (κ2) is 2.70. The summed E-state index contributed by atoms with van der Waals surface area (Å²) in [5.74, 6) is -0.652. The van der Waals surface area contributed by atoms with Crippen LogP contribution in [0.5, 0.6) is 0 Å². The van der Waals surface area contributed by atoms with E-state index in [2.05, 4.69) is 5.32 Å². The van der Waals surface area contributed by atoms with Crippen LogP contribution in [0, 0.1) is 0 Å². The zero-order valence-electron chi connectivity index (χ0n) is 5.37. The SMILES string of the molecule is O=C(O)C1CC=C(O)CN1. The lowest BCUT2D eigenvalue weighted by molar-refractivity contribution is -0.139. The molecule has 0 bridgehead atoms. The van der Waals surface area contributed by atoms with Crippen LogP contribution in [0.4, 0.5) is 0 Å². The Balaban J connectivity index is 2.50. The maximum absolute atomic E-state index is 10.3. The Morgan fingerprint density at radius 2 is 2.50 bits per heavy atom. The van der Waals surface area contributed by atoms with Gasteiger partial charge in [0.25, 0.3) is 0 Å². The molecular weight excluding hydrogens is 134 g/mol. The zero-order valence-corrected chi connectivity index (χ0v) is 5.37. The van der Waals surface area contributed by atoms with Gasteiger partial charge in [0.1, 0.15) is 11.8 Å². The minimum absolute atomic E-state index is 0.220. The van der Waals surface area contributed by atoms with Crippen LogP contribution in [0.2, 0.25) is 0 Å². The van der Waals surface area contributed by atoms with Crippen LogP contribution in [0.1, 0.15) is 6.42 Å². The molecule has 0 saturated heterocycles. The molecule has 3 N–H and O–H groups in total. The van der Waals surface area contributed by atoms with E-state index in [1.165, 1.54) is 6.08 Å². The summed E-state index contributed by atoms with van der Waals surface area (Å²) >= 11 is 0. The molecule has 4 nitrogen and oxygen atoms in total. The van der Waals surface area contributed by atoms with Crippen molar-refractivity contribution in [2.24, 2.45) is 0 Å². The molecule has 0 fully saturated rings. The second-order valence-electron chi connectivity index (χ2n) is 2.20. The molecule has 1 unspecified atom stereocenters. The lowest BCUT2D eigenvalue weighted by atomic mass is 10.1. The van der Waals surface area contributed by atoms with Gasteiger partial charge in [-0.1, -0.05) is 0 Å². The molecule has 4 heteroatoms. The molecular formula is C6H9NO3. The van der Waals surface area contributed by atoms with E-state index in [9.17, 15) is 4.79 Å². The first-order valence-corrected chi connectivity index (χ1v) is 3.04. The monoisotopic (exact) mass is 143 g/mol. The number of carboxylic acids is 1. The molecule has 0 saturated carbocycles. The maximum atomic E-state index is 10.3. The fraction of sp³-hybridized carbons (Fsp3) is 0.500. The molecule has 1 atom stereocenters. The molecule has 0 amide bonds. The summed E-state index contributed by atoms with van der Waals surface area (Å²) in [5.41, 5.74) is 0. The van der Waals surface area contributed by atoms with E-state index in [0.29, 0.717) is 6.42 Å². The van der Waals surface area contributed by atoms with Gasteiger partial charge in [-0.2, -0.15) is 0 Å². The summed E-state index contributed by atoms with van der Waals surface area (Å²) < 4.78 is 0. The van der Waals surface area contributed by atoms with Crippen molar-refractivity contribution < 1.29 is 15.0 Å². The number of rotatable bonds is 1. The number of carbonyl (C=O) groups is 1. The van der Waals surface area contributed by atoms with Gasteiger partial charge in [-0.15, -0.1) is 0 Å². The van der Waals surface area contributed by atoms with Crippen molar-refractivity contribution in [1.82, 2.24) is 5.32 Å². The highest BCUT2D eigenvalue weighted by Gasteiger charge is 2.18. The van der Waals surface area contributed by atoms with Gasteiger partial charge >= 0.3 is 5.97 Å². The Bertz CT molecular complexity index is 176. The number of nitrogens with one attached hydrogen (secondary N) is 1. The molecule has 0 aromatic heterocycles. The Kier molecular flexibility index (Phi) is 1.91. The first-order chi connectivity index (χ1) is 4.70. The van der Waals surface area contributed by atoms with Gasteiger partial charge in [0.15, 0.2) is 0 Å². The summed E-state index contributed by atoms with van der Waals surface area (Å²) in [6, 6.07) is -0.532. The van der Waals surface area contributed by atoms with E-state index in [1.807, 2.05) is 0 Å². The van der Waals surface area contributed by atoms with E-state index in [-0.39, 0.29) is 12.3 Å². The third-order valence-electron chi connectivity index (χ3n) is 1.42. The van der Waals surface area contributed by atoms with Gasteiger partial charge in [-0.3, -0.25) is 10.1 Å². The highest BCUT2D eigenvalue weighted by molar-refractivity contribution is 5.73. The van der Waals surface area contributed by atoms with Crippen molar-refractivity contribution in [2.45, 2.75) is 12.5 Å². The van der Waals surface area contributed by atoms with Gasteiger partial charge in [-0.05, 0) is 12.5 Å². The minimum atomic E-state index is -0.872. The smallest absolute Gasteiger partial charge is 0.321 e. The molecule has 0 radical (unpaired) electrons. The summed E-state index contributed by atoms with van der Waals surface area (Å²) in [4.78, 5) is 10.3. The molecule has 1 rings (SSSR count). The summed E-state index contributed by atoms with van der Waals surface area (Å²) in [6.45, 7) is 0.261. The van der Waals surface area contributed by atoms with Crippen molar-refractivity contribution >= 4 is 5.97 Å². The maximum Gasteiger partial charge on any atom is 0.321 e. The number of carboxylic acid groups (broad SMARTS) is 1. The third-order valence-corrected chi connectivity index (χ3v) is 1.42. The van der Waals surface area contributed by atoms with Crippen molar-refractivity contribution in [3.05, 3.63) is 11.8 Å². The fourth-order valence-electron chi connectivity index (χ4n) is 0.825. The highest BCUT2D eigenvalue weighted by Crippen LogP contribution is 2.03. The number of hydrogen-bond acceptors (Lipinski definition) is 3. The Labute approximate surface area is 58.2 Å². The van der Waals surface area contributed by atoms with E-state index in [1.54, 1.807) is 0 Å². The lowest BCUT2D eigenvalue weighted by Crippen LogP contribution is -2.39. The zero-order chi connectivity index (χ0) is 7.56. The number of hydrogen-bond donors (Lipinski definition) is 3. The van der Waals surface area contributed by atoms with Gasteiger partial charge in [-0.25, -0.2) is 0 Å². The van der Waals surface area contributed by atoms with Crippen molar-refractivity contribution in [3.8, 4) is 0 Å². The number of aliphatic hydroxyl groups excluding tert-OH is 1. The van der Waals surface area contributed by atoms with E-state index in [0.717, 1.165) is 0 Å². The van der Waals surface area contributed by atoms with Crippen LogP contribution in [0.15, 0.2) is 11.8 Å². The summed E-state index contributed by atoms with van der Waals surface area (Å²) in [7, 11) is 0. The first-order valence-electron chi connectivity index (χ1n) is 3.04. The largest absolute Gasteiger partial charge is 0.511 e. The van der Waals surface area contributed by atoms with Crippen molar-refractivity contribution in [1.29, 1.82) is 0 Å². The number of aliphatic hydroxyl groups is 1. The standard InChI is InChI=1S/C6H9NO3/c8-4-1-2-5(6(9)10)7-3-4/h1,5,7-8H,2-3H2,(H,9,10). The minimum Gasteiger partial charge on any atom is -0.511 e. The predicted octanol–water partition coefficient (Wildman–Crippen LogP) is -0.125. The van der Waals surface area contributed by atoms with Crippen molar-refractivity contribution in [2.75, 3.05) is 6.54 Å². The lowest BCUT2D eigenvalue weighted by Gasteiger charge is -2.16. The Hall–Kier alpha value is -1.03. The first kappa shape index (κ1) is 7.08. The van der Waals surface area contributed by atoms with Crippen LogP contribution in [-0.4, -0.2) is 28.8 Å². The molecule has 1 aliphatic heterocycles. The van der Waals surface area contributed by atoms with Gasteiger partial charge < -0.3 is 10.2 Å². The molecule has 1 aliphatic rings. The van der Waals surface area contributed by atoms with Crippen LogP contribution >= 0.6 is 0 Å². The van der Waals surface area contributed by atoms with Crippen LogP contribution in [0.3, 0.4) is 0 Å². The Morgan fingerprint density at radius 1 is 1.80 bits per heavy atom. The molecule has 1 heterocycles.